The van der Waals surface area contributed by atoms with Gasteiger partial charge < -0.3 is 10.5 Å². The standard InChI is InChI=1S/C18H18N2O2/c1-3-22-18(21)16(13(2)14-8-5-4-6-9-14)17(19)15-10-7-11-20-12-15/h4-12H,2-3,19H2,1H3/b17-16+. The van der Waals surface area contributed by atoms with E-state index in [1.165, 1.54) is 0 Å². The first kappa shape index (κ1) is 15.5. The summed E-state index contributed by atoms with van der Waals surface area (Å²) in [5.74, 6) is -0.488. The number of nitrogens with two attached hydrogens (primary N) is 1. The lowest BCUT2D eigenvalue weighted by molar-refractivity contribution is -0.137. The molecule has 1 aromatic carbocycles. The monoisotopic (exact) mass is 294 g/mol. The molecule has 0 saturated heterocycles. The highest BCUT2D eigenvalue weighted by atomic mass is 16.5. The van der Waals surface area contributed by atoms with Crippen LogP contribution in [0.3, 0.4) is 0 Å². The molecule has 0 bridgehead atoms. The van der Waals surface area contributed by atoms with Gasteiger partial charge in [0.25, 0.3) is 0 Å². The van der Waals surface area contributed by atoms with Gasteiger partial charge in [-0.05, 0) is 30.2 Å². The normalized spacial score (nSPS) is 11.5. The van der Waals surface area contributed by atoms with Crippen LogP contribution in [-0.4, -0.2) is 17.6 Å². The summed E-state index contributed by atoms with van der Waals surface area (Å²) in [5, 5.41) is 0. The van der Waals surface area contributed by atoms with E-state index in [4.69, 9.17) is 10.5 Å². The maximum atomic E-state index is 12.3. The molecule has 1 aromatic heterocycles. The predicted octanol–water partition coefficient (Wildman–Crippen LogP) is 3.03. The maximum Gasteiger partial charge on any atom is 0.340 e. The minimum atomic E-state index is -0.488. The number of carbonyl (C=O) groups excluding carboxylic acids is 1. The molecule has 2 N–H and O–H groups in total. The highest BCUT2D eigenvalue weighted by Crippen LogP contribution is 2.27. The second-order valence-corrected chi connectivity index (χ2v) is 4.60. The van der Waals surface area contributed by atoms with E-state index < -0.39 is 5.97 Å². The van der Waals surface area contributed by atoms with Crippen molar-refractivity contribution in [2.75, 3.05) is 6.61 Å². The van der Waals surface area contributed by atoms with E-state index in [1.807, 2.05) is 30.3 Å². The number of hydrogen-bond donors (Lipinski definition) is 1. The van der Waals surface area contributed by atoms with Crippen LogP contribution >= 0.6 is 0 Å². The van der Waals surface area contributed by atoms with E-state index in [0.717, 1.165) is 5.56 Å². The fourth-order valence-electron chi connectivity index (χ4n) is 2.05. The van der Waals surface area contributed by atoms with Crippen LogP contribution in [-0.2, 0) is 9.53 Å². The van der Waals surface area contributed by atoms with Crippen LogP contribution in [0.25, 0.3) is 11.3 Å². The number of nitrogens with zero attached hydrogens (tertiary/aromatic N) is 1. The van der Waals surface area contributed by atoms with Gasteiger partial charge in [0.1, 0.15) is 0 Å². The summed E-state index contributed by atoms with van der Waals surface area (Å²) in [7, 11) is 0. The van der Waals surface area contributed by atoms with E-state index in [0.29, 0.717) is 16.8 Å². The third-order valence-corrected chi connectivity index (χ3v) is 3.15. The Hall–Kier alpha value is -2.88. The molecule has 4 nitrogen and oxygen atoms in total. The maximum absolute atomic E-state index is 12.3. The first-order chi connectivity index (χ1) is 10.6. The lowest BCUT2D eigenvalue weighted by atomic mass is 9.96. The van der Waals surface area contributed by atoms with E-state index in [1.54, 1.807) is 31.5 Å². The van der Waals surface area contributed by atoms with Crippen molar-refractivity contribution < 1.29 is 9.53 Å². The van der Waals surface area contributed by atoms with Gasteiger partial charge in [-0.2, -0.15) is 0 Å². The minimum Gasteiger partial charge on any atom is -0.462 e. The van der Waals surface area contributed by atoms with Crippen LogP contribution in [0.1, 0.15) is 18.1 Å². The Kier molecular flexibility index (Phi) is 5.09. The Labute approximate surface area is 129 Å². The first-order valence-corrected chi connectivity index (χ1v) is 6.97. The molecule has 0 saturated carbocycles. The molecule has 4 heteroatoms. The molecule has 0 amide bonds. The van der Waals surface area contributed by atoms with E-state index in [2.05, 4.69) is 11.6 Å². The second kappa shape index (κ2) is 7.22. The van der Waals surface area contributed by atoms with Crippen molar-refractivity contribution in [3.8, 4) is 0 Å². The summed E-state index contributed by atoms with van der Waals surface area (Å²) in [6, 6.07) is 13.0. The molecule has 0 aliphatic carbocycles. The molecule has 112 valence electrons. The van der Waals surface area contributed by atoms with Gasteiger partial charge in [-0.25, -0.2) is 4.79 Å². The van der Waals surface area contributed by atoms with Gasteiger partial charge in [0.05, 0.1) is 17.9 Å². The fraction of sp³-hybridized carbons (Fsp3) is 0.111. The predicted molar refractivity (Wildman–Crippen MR) is 87.5 cm³/mol. The molecule has 0 atom stereocenters. The summed E-state index contributed by atoms with van der Waals surface area (Å²) in [4.78, 5) is 16.4. The fourth-order valence-corrected chi connectivity index (χ4v) is 2.05. The average molecular weight is 294 g/mol. The zero-order valence-electron chi connectivity index (χ0n) is 12.5. The number of carbonyl (C=O) groups is 1. The summed E-state index contributed by atoms with van der Waals surface area (Å²) >= 11 is 0. The summed E-state index contributed by atoms with van der Waals surface area (Å²) in [5.41, 5.74) is 8.76. The van der Waals surface area contributed by atoms with Crippen LogP contribution in [0.4, 0.5) is 0 Å². The Balaban J connectivity index is 2.52. The van der Waals surface area contributed by atoms with Gasteiger partial charge >= 0.3 is 5.97 Å². The summed E-state index contributed by atoms with van der Waals surface area (Å²) in [6.07, 6.45) is 3.25. The number of benzene rings is 1. The van der Waals surface area contributed by atoms with Crippen molar-refractivity contribution in [1.82, 2.24) is 4.98 Å². The van der Waals surface area contributed by atoms with E-state index in [9.17, 15) is 4.79 Å². The molecule has 0 spiro atoms. The first-order valence-electron chi connectivity index (χ1n) is 6.97. The topological polar surface area (TPSA) is 65.2 Å². The highest BCUT2D eigenvalue weighted by Gasteiger charge is 2.20. The molecule has 0 radical (unpaired) electrons. The number of rotatable bonds is 5. The average Bonchev–Trinajstić information content (AvgIpc) is 2.56. The van der Waals surface area contributed by atoms with Crippen molar-refractivity contribution in [2.45, 2.75) is 6.92 Å². The molecule has 0 fully saturated rings. The van der Waals surface area contributed by atoms with Crippen molar-refractivity contribution >= 4 is 17.2 Å². The van der Waals surface area contributed by atoms with Crippen LogP contribution in [0.2, 0.25) is 0 Å². The van der Waals surface area contributed by atoms with Crippen LogP contribution in [0.5, 0.6) is 0 Å². The molecule has 2 rings (SSSR count). The number of aromatic nitrogens is 1. The lowest BCUT2D eigenvalue weighted by Gasteiger charge is -2.14. The molecule has 2 aromatic rings. The van der Waals surface area contributed by atoms with Crippen LogP contribution in [0, 0.1) is 0 Å². The van der Waals surface area contributed by atoms with Gasteiger partial charge in [-0.15, -0.1) is 0 Å². The van der Waals surface area contributed by atoms with Gasteiger partial charge in [0.2, 0.25) is 0 Å². The Morgan fingerprint density at radius 1 is 1.18 bits per heavy atom. The number of esters is 1. The summed E-state index contributed by atoms with van der Waals surface area (Å²) in [6.45, 7) is 6.04. The Morgan fingerprint density at radius 2 is 1.86 bits per heavy atom. The highest BCUT2D eigenvalue weighted by molar-refractivity contribution is 6.12. The van der Waals surface area contributed by atoms with E-state index >= 15 is 0 Å². The van der Waals surface area contributed by atoms with E-state index in [-0.39, 0.29) is 12.2 Å². The second-order valence-electron chi connectivity index (χ2n) is 4.60. The quantitative estimate of drug-likeness (QED) is 0.523. The summed E-state index contributed by atoms with van der Waals surface area (Å²) < 4.78 is 5.13. The molecule has 0 aliphatic rings. The Morgan fingerprint density at radius 3 is 2.45 bits per heavy atom. The van der Waals surface area contributed by atoms with Gasteiger partial charge in [-0.1, -0.05) is 36.9 Å². The van der Waals surface area contributed by atoms with Crippen molar-refractivity contribution in [3.05, 3.63) is 78.1 Å². The third-order valence-electron chi connectivity index (χ3n) is 3.15. The van der Waals surface area contributed by atoms with Crippen LogP contribution < -0.4 is 5.73 Å². The van der Waals surface area contributed by atoms with Crippen molar-refractivity contribution in [1.29, 1.82) is 0 Å². The zero-order chi connectivity index (χ0) is 15.9. The third kappa shape index (κ3) is 3.41. The molecule has 0 unspecified atom stereocenters. The SMILES string of the molecule is C=C(/C(C(=O)OCC)=C(\N)c1cccnc1)c1ccccc1. The molecular formula is C18H18N2O2. The zero-order valence-corrected chi connectivity index (χ0v) is 12.5. The molecular weight excluding hydrogens is 276 g/mol. The largest absolute Gasteiger partial charge is 0.462 e. The van der Waals surface area contributed by atoms with Gasteiger partial charge in [-0.3, -0.25) is 4.98 Å². The van der Waals surface area contributed by atoms with Crippen LogP contribution in [0.15, 0.2) is 67.0 Å². The van der Waals surface area contributed by atoms with Gasteiger partial charge in [0.15, 0.2) is 0 Å². The molecule has 0 aliphatic heterocycles. The smallest absolute Gasteiger partial charge is 0.340 e. The number of pyridine rings is 1. The lowest BCUT2D eigenvalue weighted by Crippen LogP contribution is -2.15. The molecule has 22 heavy (non-hydrogen) atoms. The van der Waals surface area contributed by atoms with Gasteiger partial charge in [0, 0.05) is 18.0 Å². The number of hydrogen-bond acceptors (Lipinski definition) is 4. The Bertz CT molecular complexity index is 692. The van der Waals surface area contributed by atoms with Crippen molar-refractivity contribution in [2.24, 2.45) is 5.73 Å². The minimum absolute atomic E-state index is 0.265. The van der Waals surface area contributed by atoms with Crippen molar-refractivity contribution in [3.63, 3.8) is 0 Å². The molecule has 1 heterocycles. The number of ether oxygens (including phenoxy) is 1.